The van der Waals surface area contributed by atoms with Gasteiger partial charge in [-0.05, 0) is 56.7 Å². The minimum absolute atomic E-state index is 0.00564. The van der Waals surface area contributed by atoms with Gasteiger partial charge in [-0.2, -0.15) is 0 Å². The first-order valence-electron chi connectivity index (χ1n) is 11.2. The van der Waals surface area contributed by atoms with Gasteiger partial charge in [0.15, 0.2) is 17.1 Å². The average molecular weight is 513 g/mol. The van der Waals surface area contributed by atoms with E-state index in [1.807, 2.05) is 49.6 Å². The third-order valence-corrected chi connectivity index (χ3v) is 6.15. The fourth-order valence-corrected chi connectivity index (χ4v) is 4.26. The number of hydrogen-bond acceptors (Lipinski definition) is 9. The highest BCUT2D eigenvalue weighted by Crippen LogP contribution is 2.26. The number of anilines is 1. The van der Waals surface area contributed by atoms with Crippen molar-refractivity contribution < 1.29 is 28.6 Å². The molecule has 0 saturated carbocycles. The Morgan fingerprint density at radius 3 is 2.47 bits per heavy atom. The van der Waals surface area contributed by atoms with Crippen LogP contribution >= 0.6 is 11.8 Å². The number of nitrogens with zero attached hydrogens (tertiary/aromatic N) is 3. The lowest BCUT2D eigenvalue weighted by Crippen LogP contribution is -2.18. The maximum absolute atomic E-state index is 12.7. The Bertz CT molecular complexity index is 1260. The van der Waals surface area contributed by atoms with E-state index in [-0.39, 0.29) is 28.7 Å². The Labute approximate surface area is 213 Å². The number of esters is 2. The van der Waals surface area contributed by atoms with Crippen molar-refractivity contribution in [3.63, 3.8) is 0 Å². The van der Waals surface area contributed by atoms with Crippen LogP contribution in [0.4, 0.5) is 5.69 Å². The monoisotopic (exact) mass is 512 g/mol. The molecule has 36 heavy (non-hydrogen) atoms. The molecule has 3 rings (SSSR count). The number of hydrogen-bond donors (Lipinski definition) is 1. The molecule has 1 unspecified atom stereocenters. The van der Waals surface area contributed by atoms with Gasteiger partial charge in [-0.3, -0.25) is 4.79 Å². The summed E-state index contributed by atoms with van der Waals surface area (Å²) in [5.41, 5.74) is 1.54. The summed E-state index contributed by atoms with van der Waals surface area (Å²) in [6.45, 7) is 6.42. The fraction of sp³-hybridized carbons (Fsp3) is 0.320. The number of nitrogens with one attached hydrogen (secondary N) is 1. The summed E-state index contributed by atoms with van der Waals surface area (Å²) in [5, 5.41) is 11.7. The lowest BCUT2D eigenvalue weighted by atomic mass is 10.1. The lowest BCUT2D eigenvalue weighted by molar-refractivity contribution is -0.113. The topological polar surface area (TPSA) is 122 Å². The minimum atomic E-state index is -0.646. The van der Waals surface area contributed by atoms with Crippen LogP contribution in [0.25, 0.3) is 0 Å². The van der Waals surface area contributed by atoms with Crippen LogP contribution in [-0.2, 0) is 20.8 Å². The molecule has 3 aromatic rings. The minimum Gasteiger partial charge on any atom is -0.483 e. The third-order valence-electron chi connectivity index (χ3n) is 5.18. The van der Waals surface area contributed by atoms with Crippen LogP contribution in [-0.4, -0.2) is 52.6 Å². The maximum atomic E-state index is 12.7. The fourth-order valence-electron chi connectivity index (χ4n) is 3.45. The second-order valence-electron chi connectivity index (χ2n) is 7.74. The van der Waals surface area contributed by atoms with Crippen molar-refractivity contribution in [1.82, 2.24) is 14.8 Å². The van der Waals surface area contributed by atoms with E-state index in [1.165, 1.54) is 44.2 Å². The van der Waals surface area contributed by atoms with Gasteiger partial charge in [-0.1, -0.05) is 23.9 Å². The van der Waals surface area contributed by atoms with E-state index in [9.17, 15) is 14.4 Å². The van der Waals surface area contributed by atoms with E-state index in [0.29, 0.717) is 17.5 Å². The number of benzene rings is 2. The highest BCUT2D eigenvalue weighted by atomic mass is 32.2. The van der Waals surface area contributed by atoms with Gasteiger partial charge in [0.05, 0.1) is 36.8 Å². The Balaban J connectivity index is 1.71. The molecule has 11 heteroatoms. The van der Waals surface area contributed by atoms with Gasteiger partial charge >= 0.3 is 11.9 Å². The van der Waals surface area contributed by atoms with Crippen LogP contribution in [0.5, 0.6) is 5.75 Å². The van der Waals surface area contributed by atoms with Crippen molar-refractivity contribution in [2.24, 2.45) is 0 Å². The number of ether oxygens (including phenoxy) is 3. The van der Waals surface area contributed by atoms with Crippen molar-refractivity contribution >= 4 is 35.3 Å². The van der Waals surface area contributed by atoms with Gasteiger partial charge in [0.25, 0.3) is 0 Å². The number of carbonyl (C=O) groups is 3. The van der Waals surface area contributed by atoms with Gasteiger partial charge in [0.2, 0.25) is 5.91 Å². The van der Waals surface area contributed by atoms with Gasteiger partial charge in [-0.25, -0.2) is 9.59 Å². The standard InChI is InChI=1S/C25H28N4O6S/c1-6-29-22(16(3)35-18-9-7-8-15(2)12-18)27-28-25(29)36-14-21(30)26-20-13-17(23(31)33-4)10-11-19(20)24(32)34-5/h7-13,16H,6,14H2,1-5H3,(H,26,30). The van der Waals surface area contributed by atoms with Crippen molar-refractivity contribution in [2.45, 2.75) is 38.6 Å². The maximum Gasteiger partial charge on any atom is 0.339 e. The van der Waals surface area contributed by atoms with Crippen molar-refractivity contribution in [3.8, 4) is 5.75 Å². The zero-order chi connectivity index (χ0) is 26.2. The first-order valence-corrected chi connectivity index (χ1v) is 12.2. The Hall–Kier alpha value is -3.86. The smallest absolute Gasteiger partial charge is 0.339 e. The molecule has 0 radical (unpaired) electrons. The van der Waals surface area contributed by atoms with Gasteiger partial charge in [0.1, 0.15) is 5.75 Å². The van der Waals surface area contributed by atoms with Crippen LogP contribution in [0.2, 0.25) is 0 Å². The molecule has 1 aromatic heterocycles. The van der Waals surface area contributed by atoms with Gasteiger partial charge < -0.3 is 24.1 Å². The van der Waals surface area contributed by atoms with Crippen LogP contribution in [0.3, 0.4) is 0 Å². The van der Waals surface area contributed by atoms with E-state index in [2.05, 4.69) is 15.5 Å². The number of rotatable bonds is 10. The number of carbonyl (C=O) groups excluding carboxylic acids is 3. The molecule has 10 nitrogen and oxygen atoms in total. The second-order valence-corrected chi connectivity index (χ2v) is 8.68. The molecule has 0 aliphatic heterocycles. The second kappa shape index (κ2) is 12.2. The quantitative estimate of drug-likeness (QED) is 0.317. The molecule has 1 N–H and O–H groups in total. The van der Waals surface area contributed by atoms with Crippen LogP contribution < -0.4 is 10.1 Å². The number of amides is 1. The summed E-state index contributed by atoms with van der Waals surface area (Å²) in [6.07, 6.45) is -0.355. The molecule has 0 fully saturated rings. The number of thioether (sulfide) groups is 1. The summed E-state index contributed by atoms with van der Waals surface area (Å²) in [6, 6.07) is 11.9. The molecule has 1 heterocycles. The van der Waals surface area contributed by atoms with E-state index >= 15 is 0 Å². The Morgan fingerprint density at radius 1 is 1.06 bits per heavy atom. The van der Waals surface area contributed by atoms with Crippen LogP contribution in [0.15, 0.2) is 47.6 Å². The largest absolute Gasteiger partial charge is 0.483 e. The highest BCUT2D eigenvalue weighted by molar-refractivity contribution is 7.99. The molecule has 0 aliphatic carbocycles. The average Bonchev–Trinajstić information content (AvgIpc) is 3.29. The SMILES string of the molecule is CCn1c(SCC(=O)Nc2cc(C(=O)OC)ccc2C(=O)OC)nnc1C(C)Oc1cccc(C)c1. The molecule has 1 amide bonds. The first kappa shape index (κ1) is 26.7. The molecule has 0 aliphatic rings. The predicted octanol–water partition coefficient (Wildman–Crippen LogP) is 4.05. The predicted molar refractivity (Wildman–Crippen MR) is 134 cm³/mol. The van der Waals surface area contributed by atoms with Crippen LogP contribution in [0, 0.1) is 6.92 Å². The molecule has 1 atom stereocenters. The van der Waals surface area contributed by atoms with E-state index in [1.54, 1.807) is 0 Å². The summed E-state index contributed by atoms with van der Waals surface area (Å²) >= 11 is 1.19. The van der Waals surface area contributed by atoms with E-state index in [0.717, 1.165) is 11.3 Å². The number of methoxy groups -OCH3 is 2. The summed E-state index contributed by atoms with van der Waals surface area (Å²) in [7, 11) is 2.48. The van der Waals surface area contributed by atoms with Gasteiger partial charge in [-0.15, -0.1) is 10.2 Å². The molecule has 0 bridgehead atoms. The molecular weight excluding hydrogens is 484 g/mol. The van der Waals surface area contributed by atoms with Gasteiger partial charge in [0, 0.05) is 6.54 Å². The van der Waals surface area contributed by atoms with Crippen molar-refractivity contribution in [1.29, 1.82) is 0 Å². The van der Waals surface area contributed by atoms with E-state index < -0.39 is 17.8 Å². The number of aromatic nitrogens is 3. The molecule has 0 spiro atoms. The summed E-state index contributed by atoms with van der Waals surface area (Å²) in [5.74, 6) is -0.274. The zero-order valence-electron chi connectivity index (χ0n) is 20.7. The van der Waals surface area contributed by atoms with Crippen LogP contribution in [0.1, 0.15) is 52.1 Å². The molecule has 190 valence electrons. The molecule has 0 saturated heterocycles. The third kappa shape index (κ3) is 6.42. The van der Waals surface area contributed by atoms with E-state index in [4.69, 9.17) is 14.2 Å². The molecular formula is C25H28N4O6S. The molecule has 2 aromatic carbocycles. The highest BCUT2D eigenvalue weighted by Gasteiger charge is 2.21. The lowest BCUT2D eigenvalue weighted by Gasteiger charge is -2.16. The normalized spacial score (nSPS) is 11.5. The summed E-state index contributed by atoms with van der Waals surface area (Å²) < 4.78 is 17.4. The number of aryl methyl sites for hydroxylation is 1. The van der Waals surface area contributed by atoms with Crippen molar-refractivity contribution in [3.05, 3.63) is 65.0 Å². The Kier molecular flexibility index (Phi) is 9.07. The Morgan fingerprint density at radius 2 is 1.81 bits per heavy atom. The first-order chi connectivity index (χ1) is 17.3. The van der Waals surface area contributed by atoms with Crippen molar-refractivity contribution in [2.75, 3.05) is 25.3 Å². The zero-order valence-corrected chi connectivity index (χ0v) is 21.5. The summed E-state index contributed by atoms with van der Waals surface area (Å²) in [4.78, 5) is 36.7.